The van der Waals surface area contributed by atoms with Gasteiger partial charge in [0.1, 0.15) is 17.9 Å². The molecule has 1 aromatic heterocycles. The monoisotopic (exact) mass is 750 g/mol. The predicted octanol–water partition coefficient (Wildman–Crippen LogP) is 4.68. The van der Waals surface area contributed by atoms with Gasteiger partial charge >= 0.3 is 0 Å². The van der Waals surface area contributed by atoms with Gasteiger partial charge in [-0.25, -0.2) is 14.4 Å². The molecule has 3 aliphatic heterocycles. The number of nitrogens with zero attached hydrogens (tertiary/aromatic N) is 6. The van der Waals surface area contributed by atoms with Crippen molar-refractivity contribution in [2.75, 3.05) is 63.8 Å². The molecule has 1 aromatic carbocycles. The minimum absolute atomic E-state index is 0. The van der Waals surface area contributed by atoms with E-state index < -0.39 is 16.0 Å². The first-order chi connectivity index (χ1) is 23.9. The summed E-state index contributed by atoms with van der Waals surface area (Å²) in [5.41, 5.74) is 0.499. The number of ether oxygens (including phenoxy) is 1. The summed E-state index contributed by atoms with van der Waals surface area (Å²) in [6, 6.07) is 3.96. The molecule has 284 valence electrons. The van der Waals surface area contributed by atoms with Crippen LogP contribution in [-0.2, 0) is 10.2 Å². The van der Waals surface area contributed by atoms with Crippen LogP contribution in [-0.4, -0.2) is 115 Å². The lowest BCUT2D eigenvalue weighted by Crippen LogP contribution is -2.53. The van der Waals surface area contributed by atoms with Gasteiger partial charge in [-0.05, 0) is 115 Å². The standard InChI is InChI=1S/C36H55FN8O4S.ClH/c1-26(2)45(27(3)4)35(46)31-21-29(37)5-6-32(31)49-33-22-39-25-40-34(33)43-16-9-28(24-43)23-42-17-12-36(13-18-42)10-7-30(8-11-36)41-50(47,48)44-19-14-38-15-20-44;/h5-6,21-22,25-28,30,38,41H,7-20,23-24H2,1-4H3;1H/t28-;/m0./s1. The third-order valence-corrected chi connectivity index (χ3v) is 12.9. The van der Waals surface area contributed by atoms with Crippen LogP contribution in [0.25, 0.3) is 0 Å². The Morgan fingerprint density at radius 1 is 1.02 bits per heavy atom. The molecule has 0 bridgehead atoms. The zero-order chi connectivity index (χ0) is 35.5. The van der Waals surface area contributed by atoms with E-state index in [1.165, 1.54) is 24.5 Å². The summed E-state index contributed by atoms with van der Waals surface area (Å²) in [6.45, 7) is 15.1. The Hall–Kier alpha value is -2.62. The number of anilines is 1. The second kappa shape index (κ2) is 17.0. The molecular formula is C36H56ClFN8O4S. The zero-order valence-corrected chi connectivity index (χ0v) is 32.2. The van der Waals surface area contributed by atoms with Crippen LogP contribution in [0.15, 0.2) is 30.7 Å². The second-order valence-corrected chi connectivity index (χ2v) is 17.0. The molecule has 1 atom stereocenters. The molecule has 1 saturated carbocycles. The summed E-state index contributed by atoms with van der Waals surface area (Å²) in [7, 11) is -3.42. The molecule has 6 rings (SSSR count). The van der Waals surface area contributed by atoms with Crippen molar-refractivity contribution in [3.05, 3.63) is 42.1 Å². The van der Waals surface area contributed by atoms with Crippen molar-refractivity contribution in [2.24, 2.45) is 11.3 Å². The number of hydrogen-bond donors (Lipinski definition) is 2. The van der Waals surface area contributed by atoms with E-state index in [0.717, 1.165) is 77.7 Å². The predicted molar refractivity (Wildman–Crippen MR) is 199 cm³/mol. The number of rotatable bonds is 11. The first-order valence-corrected chi connectivity index (χ1v) is 19.9. The van der Waals surface area contributed by atoms with Crippen molar-refractivity contribution in [1.82, 2.24) is 34.1 Å². The second-order valence-electron chi connectivity index (χ2n) is 15.3. The molecule has 0 radical (unpaired) electrons. The Morgan fingerprint density at radius 2 is 1.71 bits per heavy atom. The van der Waals surface area contributed by atoms with E-state index in [-0.39, 0.29) is 47.8 Å². The van der Waals surface area contributed by atoms with Crippen molar-refractivity contribution in [2.45, 2.75) is 90.8 Å². The highest BCUT2D eigenvalue weighted by Crippen LogP contribution is 2.45. The Labute approximate surface area is 309 Å². The molecule has 4 fully saturated rings. The molecule has 3 saturated heterocycles. The van der Waals surface area contributed by atoms with Crippen LogP contribution >= 0.6 is 12.4 Å². The number of piperazine rings is 1. The van der Waals surface area contributed by atoms with Gasteiger partial charge in [-0.3, -0.25) is 4.79 Å². The van der Waals surface area contributed by atoms with Crippen LogP contribution in [0.1, 0.15) is 83.0 Å². The van der Waals surface area contributed by atoms with Crippen LogP contribution in [0.2, 0.25) is 0 Å². The number of piperidine rings is 1. The van der Waals surface area contributed by atoms with E-state index in [1.54, 1.807) is 15.4 Å². The van der Waals surface area contributed by atoms with Gasteiger partial charge < -0.3 is 24.8 Å². The van der Waals surface area contributed by atoms with Crippen LogP contribution < -0.4 is 19.7 Å². The molecule has 1 aliphatic carbocycles. The SMILES string of the molecule is CC(C)N(C(=O)c1cc(F)ccc1Oc1cncnc1N1CC[C@@H](CN2CCC3(CCC(NS(=O)(=O)N4CCNCC4)CC3)CC2)C1)C(C)C.Cl. The summed E-state index contributed by atoms with van der Waals surface area (Å²) in [4.78, 5) is 28.9. The number of halogens is 2. The number of nitrogens with one attached hydrogen (secondary N) is 2. The maximum atomic E-state index is 14.4. The molecule has 1 amide bonds. The number of carbonyl (C=O) groups excluding carboxylic acids is 1. The smallest absolute Gasteiger partial charge is 0.279 e. The minimum Gasteiger partial charge on any atom is -0.451 e. The van der Waals surface area contributed by atoms with Gasteiger partial charge in [0, 0.05) is 63.9 Å². The molecule has 2 N–H and O–H groups in total. The lowest BCUT2D eigenvalue weighted by Gasteiger charge is -2.46. The van der Waals surface area contributed by atoms with E-state index in [2.05, 4.69) is 29.8 Å². The third-order valence-electron chi connectivity index (χ3n) is 11.2. The van der Waals surface area contributed by atoms with Gasteiger partial charge in [-0.2, -0.15) is 17.4 Å². The highest BCUT2D eigenvalue weighted by atomic mass is 35.5. The van der Waals surface area contributed by atoms with Gasteiger partial charge in [0.2, 0.25) is 0 Å². The molecule has 1 spiro atoms. The Morgan fingerprint density at radius 3 is 2.37 bits per heavy atom. The number of hydrogen-bond acceptors (Lipinski definition) is 9. The van der Waals surface area contributed by atoms with Gasteiger partial charge in [0.05, 0.1) is 11.8 Å². The molecule has 4 heterocycles. The summed E-state index contributed by atoms with van der Waals surface area (Å²) in [5, 5.41) is 3.22. The number of carbonyl (C=O) groups is 1. The largest absolute Gasteiger partial charge is 0.451 e. The third kappa shape index (κ3) is 9.49. The fourth-order valence-electron chi connectivity index (χ4n) is 8.47. The van der Waals surface area contributed by atoms with Crippen molar-refractivity contribution in [3.8, 4) is 11.5 Å². The summed E-state index contributed by atoms with van der Waals surface area (Å²) in [5.74, 6) is 1.11. The van der Waals surface area contributed by atoms with Gasteiger partial charge in [0.25, 0.3) is 16.1 Å². The molecule has 2 aromatic rings. The Balaban J connectivity index is 0.00000504. The molecule has 0 unspecified atom stereocenters. The fraction of sp³-hybridized carbons (Fsp3) is 0.694. The van der Waals surface area contributed by atoms with E-state index in [1.807, 2.05) is 27.7 Å². The molecular weight excluding hydrogens is 695 g/mol. The van der Waals surface area contributed by atoms with E-state index in [0.29, 0.717) is 49.1 Å². The van der Waals surface area contributed by atoms with Gasteiger partial charge in [0.15, 0.2) is 11.6 Å². The zero-order valence-electron chi connectivity index (χ0n) is 30.5. The number of benzene rings is 1. The van der Waals surface area contributed by atoms with Crippen LogP contribution in [0.3, 0.4) is 0 Å². The molecule has 12 nitrogen and oxygen atoms in total. The molecule has 15 heteroatoms. The number of aromatic nitrogens is 2. The summed E-state index contributed by atoms with van der Waals surface area (Å²) in [6.07, 6.45) is 10.5. The van der Waals surface area contributed by atoms with Crippen molar-refractivity contribution in [1.29, 1.82) is 0 Å². The summed E-state index contributed by atoms with van der Waals surface area (Å²) >= 11 is 0. The number of likely N-dealkylation sites (tertiary alicyclic amines) is 1. The first-order valence-electron chi connectivity index (χ1n) is 18.5. The number of amides is 1. The summed E-state index contributed by atoms with van der Waals surface area (Å²) < 4.78 is 51.1. The quantitative estimate of drug-likeness (QED) is 0.337. The van der Waals surface area contributed by atoms with Crippen LogP contribution in [0.4, 0.5) is 10.2 Å². The minimum atomic E-state index is -3.42. The Kier molecular flexibility index (Phi) is 13.2. The lowest BCUT2D eigenvalue weighted by molar-refractivity contribution is 0.0549. The van der Waals surface area contributed by atoms with E-state index in [9.17, 15) is 17.6 Å². The van der Waals surface area contributed by atoms with Crippen LogP contribution in [0, 0.1) is 17.2 Å². The van der Waals surface area contributed by atoms with Crippen molar-refractivity contribution >= 4 is 34.3 Å². The van der Waals surface area contributed by atoms with Crippen LogP contribution in [0.5, 0.6) is 11.5 Å². The average Bonchev–Trinajstić information content (AvgIpc) is 3.56. The molecule has 51 heavy (non-hydrogen) atoms. The van der Waals surface area contributed by atoms with E-state index in [4.69, 9.17) is 4.74 Å². The maximum absolute atomic E-state index is 14.4. The van der Waals surface area contributed by atoms with Gasteiger partial charge in [-0.15, -0.1) is 12.4 Å². The molecule has 4 aliphatic rings. The maximum Gasteiger partial charge on any atom is 0.279 e. The highest BCUT2D eigenvalue weighted by Gasteiger charge is 2.40. The topological polar surface area (TPSA) is 123 Å². The highest BCUT2D eigenvalue weighted by molar-refractivity contribution is 7.87. The Bertz CT molecular complexity index is 1570. The normalized spacial score (nSPS) is 22.0. The first kappa shape index (κ1) is 39.6. The fourth-order valence-corrected chi connectivity index (χ4v) is 9.94. The van der Waals surface area contributed by atoms with E-state index >= 15 is 0 Å². The van der Waals surface area contributed by atoms with Crippen molar-refractivity contribution in [3.63, 3.8) is 0 Å². The van der Waals surface area contributed by atoms with Crippen molar-refractivity contribution < 1.29 is 22.3 Å². The van der Waals surface area contributed by atoms with Gasteiger partial charge in [-0.1, -0.05) is 0 Å². The lowest BCUT2D eigenvalue weighted by atomic mass is 9.67. The average molecular weight is 751 g/mol.